The monoisotopic (exact) mass is 365 g/mol. The van der Waals surface area contributed by atoms with Gasteiger partial charge in [0.1, 0.15) is 10.7 Å². The minimum Gasteiger partial charge on any atom is -0.451 e. The second-order valence-electron chi connectivity index (χ2n) is 6.08. The molecule has 0 radical (unpaired) electrons. The van der Waals surface area contributed by atoms with Crippen molar-refractivity contribution in [3.8, 4) is 0 Å². The number of ether oxygens (including phenoxy) is 2. The fourth-order valence-corrected chi connectivity index (χ4v) is 4.27. The van der Waals surface area contributed by atoms with Crippen LogP contribution in [0.5, 0.6) is 0 Å². The van der Waals surface area contributed by atoms with Crippen LogP contribution in [0.4, 0.5) is 4.39 Å². The molecule has 1 aromatic carbocycles. The van der Waals surface area contributed by atoms with Crippen LogP contribution in [0.2, 0.25) is 0 Å². The number of hydrogen-bond acceptors (Lipinski definition) is 5. The molecule has 0 unspecified atom stereocenters. The zero-order chi connectivity index (χ0) is 17.8. The summed E-state index contributed by atoms with van der Waals surface area (Å²) in [5.74, 6) is -1.34. The van der Waals surface area contributed by atoms with Crippen LogP contribution >= 0.6 is 11.3 Å². The Labute approximate surface area is 149 Å². The van der Waals surface area contributed by atoms with Gasteiger partial charge >= 0.3 is 5.97 Å². The summed E-state index contributed by atoms with van der Waals surface area (Å²) in [6.07, 6.45) is 4.15. The molecule has 3 rings (SSSR count). The van der Waals surface area contributed by atoms with E-state index in [-0.39, 0.29) is 30.0 Å². The summed E-state index contributed by atoms with van der Waals surface area (Å²) < 4.78 is 25.0. The molecule has 134 valence electrons. The van der Waals surface area contributed by atoms with Gasteiger partial charge in [0.2, 0.25) is 0 Å². The number of rotatable bonds is 6. The second kappa shape index (κ2) is 7.93. The fraction of sp³-hybridized carbons (Fsp3) is 0.444. The van der Waals surface area contributed by atoms with Gasteiger partial charge in [-0.25, -0.2) is 9.18 Å². The number of halogens is 1. The van der Waals surface area contributed by atoms with Crippen molar-refractivity contribution in [2.24, 2.45) is 0 Å². The molecule has 0 saturated heterocycles. The van der Waals surface area contributed by atoms with Crippen LogP contribution in [0.3, 0.4) is 0 Å². The Morgan fingerprint density at radius 2 is 2.08 bits per heavy atom. The second-order valence-corrected chi connectivity index (χ2v) is 7.13. The van der Waals surface area contributed by atoms with Crippen molar-refractivity contribution < 1.29 is 23.5 Å². The van der Waals surface area contributed by atoms with Crippen LogP contribution in [0.15, 0.2) is 18.2 Å². The summed E-state index contributed by atoms with van der Waals surface area (Å²) in [6.45, 7) is -0.238. The summed E-state index contributed by atoms with van der Waals surface area (Å²) in [5.41, 5.74) is 0.460. The van der Waals surface area contributed by atoms with E-state index in [4.69, 9.17) is 9.47 Å². The van der Waals surface area contributed by atoms with Gasteiger partial charge in [-0.1, -0.05) is 18.9 Å². The van der Waals surface area contributed by atoms with Gasteiger partial charge < -0.3 is 14.8 Å². The lowest BCUT2D eigenvalue weighted by atomic mass is 10.1. The average Bonchev–Trinajstić information content (AvgIpc) is 3.22. The van der Waals surface area contributed by atoms with Crippen molar-refractivity contribution in [2.45, 2.75) is 38.3 Å². The maximum Gasteiger partial charge on any atom is 0.349 e. The number of esters is 1. The van der Waals surface area contributed by atoms with E-state index in [0.717, 1.165) is 37.0 Å². The number of nitrogens with one attached hydrogen (secondary N) is 1. The molecule has 1 N–H and O–H groups in total. The van der Waals surface area contributed by atoms with E-state index in [0.29, 0.717) is 15.6 Å². The van der Waals surface area contributed by atoms with Crippen molar-refractivity contribution in [1.29, 1.82) is 0 Å². The van der Waals surface area contributed by atoms with E-state index in [2.05, 4.69) is 5.32 Å². The zero-order valence-corrected chi connectivity index (χ0v) is 14.8. The van der Waals surface area contributed by atoms with Crippen LogP contribution in [-0.2, 0) is 20.9 Å². The molecule has 0 bridgehead atoms. The first-order valence-electron chi connectivity index (χ1n) is 8.25. The summed E-state index contributed by atoms with van der Waals surface area (Å²) in [6, 6.07) is 4.85. The Morgan fingerprint density at radius 1 is 1.32 bits per heavy atom. The largest absolute Gasteiger partial charge is 0.451 e. The normalized spacial score (nSPS) is 14.8. The summed E-state index contributed by atoms with van der Waals surface area (Å²) in [4.78, 5) is 24.6. The first-order valence-corrected chi connectivity index (χ1v) is 9.07. The minimum absolute atomic E-state index is 0.0969. The highest BCUT2D eigenvalue weighted by molar-refractivity contribution is 7.21. The van der Waals surface area contributed by atoms with Gasteiger partial charge in [-0.2, -0.15) is 0 Å². The predicted octanol–water partition coefficient (Wildman–Crippen LogP) is 3.40. The third-order valence-corrected chi connectivity index (χ3v) is 5.47. The van der Waals surface area contributed by atoms with Gasteiger partial charge in [0, 0.05) is 28.8 Å². The standard InChI is InChI=1S/C18H20FNO4S/c1-23-9-12-16-13(19)7-4-8-14(16)25-17(12)18(22)24-10-15(21)20-11-5-2-3-6-11/h4,7-8,11H,2-3,5-6,9-10H2,1H3,(H,20,21). The van der Waals surface area contributed by atoms with E-state index in [1.54, 1.807) is 12.1 Å². The van der Waals surface area contributed by atoms with Crippen molar-refractivity contribution in [3.63, 3.8) is 0 Å². The van der Waals surface area contributed by atoms with Crippen molar-refractivity contribution in [2.75, 3.05) is 13.7 Å². The third-order valence-electron chi connectivity index (χ3n) is 4.29. The molecular weight excluding hydrogens is 345 g/mol. The zero-order valence-electron chi connectivity index (χ0n) is 14.0. The average molecular weight is 365 g/mol. The van der Waals surface area contributed by atoms with E-state index >= 15 is 0 Å². The van der Waals surface area contributed by atoms with Crippen molar-refractivity contribution in [3.05, 3.63) is 34.5 Å². The van der Waals surface area contributed by atoms with Gasteiger partial charge in [-0.3, -0.25) is 4.79 Å². The number of carbonyl (C=O) groups excluding carboxylic acids is 2. The van der Waals surface area contributed by atoms with Crippen molar-refractivity contribution >= 4 is 33.3 Å². The number of hydrogen-bond donors (Lipinski definition) is 1. The molecule has 1 aliphatic carbocycles. The summed E-state index contributed by atoms with van der Waals surface area (Å²) in [5, 5.41) is 3.24. The molecule has 25 heavy (non-hydrogen) atoms. The van der Waals surface area contributed by atoms with Crippen LogP contribution in [0, 0.1) is 5.82 Å². The first-order chi connectivity index (χ1) is 12.1. The lowest BCUT2D eigenvalue weighted by Crippen LogP contribution is -2.35. The Morgan fingerprint density at radius 3 is 2.80 bits per heavy atom. The smallest absolute Gasteiger partial charge is 0.349 e. The molecule has 5 nitrogen and oxygen atoms in total. The van der Waals surface area contributed by atoms with Gasteiger partial charge in [0.15, 0.2) is 6.61 Å². The first kappa shape index (κ1) is 17.8. The highest BCUT2D eigenvalue weighted by Gasteiger charge is 2.23. The number of thiophene rings is 1. The lowest BCUT2D eigenvalue weighted by Gasteiger charge is -2.12. The number of fused-ring (bicyclic) bond motifs is 1. The van der Waals surface area contributed by atoms with E-state index < -0.39 is 11.8 Å². The molecule has 2 aromatic rings. The number of carbonyl (C=O) groups is 2. The SMILES string of the molecule is COCc1c(C(=O)OCC(=O)NC2CCCC2)sc2cccc(F)c12. The van der Waals surface area contributed by atoms with Crippen molar-refractivity contribution in [1.82, 2.24) is 5.32 Å². The van der Waals surface area contributed by atoms with Gasteiger partial charge in [0.25, 0.3) is 5.91 Å². The van der Waals surface area contributed by atoms with Gasteiger partial charge in [-0.05, 0) is 25.0 Å². The minimum atomic E-state index is -0.630. The Bertz CT molecular complexity index is 783. The maximum atomic E-state index is 14.1. The van der Waals surface area contributed by atoms with Crippen LogP contribution in [-0.4, -0.2) is 31.6 Å². The lowest BCUT2D eigenvalue weighted by molar-refractivity contribution is -0.124. The fourth-order valence-electron chi connectivity index (χ4n) is 3.15. The number of benzene rings is 1. The number of amides is 1. The molecule has 0 atom stereocenters. The highest BCUT2D eigenvalue weighted by atomic mass is 32.1. The molecule has 7 heteroatoms. The molecule has 1 fully saturated rings. The molecule has 1 saturated carbocycles. The van der Waals surface area contributed by atoms with Gasteiger partial charge in [-0.15, -0.1) is 11.3 Å². The van der Waals surface area contributed by atoms with Gasteiger partial charge in [0.05, 0.1) is 6.61 Å². The molecule has 1 heterocycles. The van der Waals surface area contributed by atoms with E-state index in [1.165, 1.54) is 13.2 Å². The molecular formula is C18H20FNO4S. The quantitative estimate of drug-likeness (QED) is 0.797. The van der Waals surface area contributed by atoms with Crippen LogP contribution in [0.1, 0.15) is 40.9 Å². The Kier molecular flexibility index (Phi) is 5.65. The molecule has 0 aliphatic heterocycles. The molecule has 0 spiro atoms. The summed E-state index contributed by atoms with van der Waals surface area (Å²) in [7, 11) is 1.48. The predicted molar refractivity (Wildman–Crippen MR) is 93.2 cm³/mol. The van der Waals surface area contributed by atoms with Crippen LogP contribution < -0.4 is 5.32 Å². The third kappa shape index (κ3) is 3.99. The maximum absolute atomic E-state index is 14.1. The Hall–Kier alpha value is -1.99. The molecule has 1 aliphatic rings. The van der Waals surface area contributed by atoms with E-state index in [1.807, 2.05) is 0 Å². The van der Waals surface area contributed by atoms with Crippen LogP contribution in [0.25, 0.3) is 10.1 Å². The summed E-state index contributed by atoms with van der Waals surface area (Å²) >= 11 is 1.14. The molecule has 1 amide bonds. The van der Waals surface area contributed by atoms with E-state index in [9.17, 15) is 14.0 Å². The number of methoxy groups -OCH3 is 1. The highest BCUT2D eigenvalue weighted by Crippen LogP contribution is 2.34. The Balaban J connectivity index is 1.71. The molecule has 1 aromatic heterocycles. The topological polar surface area (TPSA) is 64.6 Å².